The number of carbonyl (C=O) groups is 1. The fraction of sp³-hybridized carbons (Fsp3) is 0.0952. The first-order chi connectivity index (χ1) is 12.1. The highest BCUT2D eigenvalue weighted by Gasteiger charge is 2.34. The zero-order valence-corrected chi connectivity index (χ0v) is 14.5. The number of halogens is 1. The zero-order chi connectivity index (χ0) is 17.4. The number of nitrogens with zero attached hydrogens (tertiary/aromatic N) is 1. The minimum absolute atomic E-state index is 0.0388. The molecule has 0 aliphatic carbocycles. The summed E-state index contributed by atoms with van der Waals surface area (Å²) in [4.78, 5) is 15.0. The van der Waals surface area contributed by atoms with Gasteiger partial charge in [0.15, 0.2) is 0 Å². The van der Waals surface area contributed by atoms with E-state index >= 15 is 0 Å². The van der Waals surface area contributed by atoms with Crippen LogP contribution in [-0.2, 0) is 0 Å². The Morgan fingerprint density at radius 1 is 0.960 bits per heavy atom. The molecule has 3 aromatic carbocycles. The summed E-state index contributed by atoms with van der Waals surface area (Å²) in [6.07, 6.45) is -0.289. The van der Waals surface area contributed by atoms with E-state index in [1.807, 2.05) is 79.7 Å². The van der Waals surface area contributed by atoms with E-state index in [9.17, 15) is 4.79 Å². The lowest BCUT2D eigenvalue weighted by molar-refractivity contribution is 0.0975. The second-order valence-electron chi connectivity index (χ2n) is 6.11. The van der Waals surface area contributed by atoms with Crippen molar-refractivity contribution < 1.29 is 4.79 Å². The Labute approximate surface area is 151 Å². The van der Waals surface area contributed by atoms with Gasteiger partial charge in [-0.05, 0) is 42.3 Å². The van der Waals surface area contributed by atoms with Gasteiger partial charge in [-0.15, -0.1) is 0 Å². The number of rotatable bonds is 2. The van der Waals surface area contributed by atoms with E-state index in [1.54, 1.807) is 4.90 Å². The maximum Gasteiger partial charge on any atom is 0.262 e. The fourth-order valence-electron chi connectivity index (χ4n) is 3.12. The van der Waals surface area contributed by atoms with Crippen molar-refractivity contribution in [1.82, 2.24) is 0 Å². The van der Waals surface area contributed by atoms with E-state index in [0.29, 0.717) is 10.6 Å². The Kier molecular flexibility index (Phi) is 3.94. The van der Waals surface area contributed by atoms with E-state index in [-0.39, 0.29) is 12.1 Å². The van der Waals surface area contributed by atoms with Crippen LogP contribution < -0.4 is 10.2 Å². The molecule has 1 aliphatic rings. The molecule has 0 unspecified atom stereocenters. The van der Waals surface area contributed by atoms with E-state index in [4.69, 9.17) is 11.6 Å². The molecule has 0 bridgehead atoms. The number of benzene rings is 3. The van der Waals surface area contributed by atoms with Crippen molar-refractivity contribution in [2.24, 2.45) is 0 Å². The van der Waals surface area contributed by atoms with E-state index in [2.05, 4.69) is 5.32 Å². The molecule has 0 radical (unpaired) electrons. The first kappa shape index (κ1) is 15.7. The van der Waals surface area contributed by atoms with Crippen molar-refractivity contribution >= 4 is 28.9 Å². The average Bonchev–Trinajstić information content (AvgIpc) is 2.65. The van der Waals surface area contributed by atoms with Gasteiger partial charge >= 0.3 is 0 Å². The van der Waals surface area contributed by atoms with Crippen molar-refractivity contribution in [3.05, 3.63) is 94.5 Å². The number of nitrogens with one attached hydrogen (secondary N) is 1. The minimum Gasteiger partial charge on any atom is -0.360 e. The van der Waals surface area contributed by atoms with Crippen LogP contribution in [0.25, 0.3) is 0 Å². The number of amides is 1. The van der Waals surface area contributed by atoms with Crippen LogP contribution in [0, 0.1) is 6.92 Å². The maximum atomic E-state index is 13.2. The SMILES string of the molecule is Cc1ccc(N2C(=O)c3ccccc3N[C@H]2c2ccccc2)cc1Cl. The van der Waals surface area contributed by atoms with Crippen LogP contribution in [0.1, 0.15) is 27.7 Å². The first-order valence-electron chi connectivity index (χ1n) is 8.15. The van der Waals surface area contributed by atoms with E-state index in [0.717, 1.165) is 22.5 Å². The summed E-state index contributed by atoms with van der Waals surface area (Å²) in [6, 6.07) is 23.3. The summed E-state index contributed by atoms with van der Waals surface area (Å²) in [5, 5.41) is 4.14. The Morgan fingerprint density at radius 2 is 1.68 bits per heavy atom. The molecular formula is C21H17ClN2O. The number of fused-ring (bicyclic) bond motifs is 1. The molecule has 124 valence electrons. The lowest BCUT2D eigenvalue weighted by atomic mass is 10.0. The second-order valence-corrected chi connectivity index (χ2v) is 6.52. The summed E-state index contributed by atoms with van der Waals surface area (Å²) in [5.74, 6) is -0.0388. The summed E-state index contributed by atoms with van der Waals surface area (Å²) < 4.78 is 0. The molecule has 0 saturated heterocycles. The van der Waals surface area contributed by atoms with Crippen LogP contribution in [0.3, 0.4) is 0 Å². The Morgan fingerprint density at radius 3 is 2.44 bits per heavy atom. The van der Waals surface area contributed by atoms with Crippen LogP contribution >= 0.6 is 11.6 Å². The topological polar surface area (TPSA) is 32.3 Å². The van der Waals surface area contributed by atoms with Gasteiger partial charge < -0.3 is 5.32 Å². The Balaban J connectivity index is 1.88. The van der Waals surface area contributed by atoms with Gasteiger partial charge in [-0.2, -0.15) is 0 Å². The van der Waals surface area contributed by atoms with Crippen molar-refractivity contribution in [1.29, 1.82) is 0 Å². The van der Waals surface area contributed by atoms with Crippen molar-refractivity contribution in [2.75, 3.05) is 10.2 Å². The normalized spacial score (nSPS) is 16.3. The molecule has 25 heavy (non-hydrogen) atoms. The molecule has 0 saturated carbocycles. The lowest BCUT2D eigenvalue weighted by Crippen LogP contribution is -2.43. The highest BCUT2D eigenvalue weighted by atomic mass is 35.5. The number of hydrogen-bond donors (Lipinski definition) is 1. The monoisotopic (exact) mass is 348 g/mol. The van der Waals surface area contributed by atoms with Crippen LogP contribution in [-0.4, -0.2) is 5.91 Å². The summed E-state index contributed by atoms with van der Waals surface area (Å²) in [7, 11) is 0. The van der Waals surface area contributed by atoms with E-state index < -0.39 is 0 Å². The smallest absolute Gasteiger partial charge is 0.262 e. The molecule has 1 heterocycles. The van der Waals surface area contributed by atoms with Gasteiger partial charge in [0.05, 0.1) is 5.56 Å². The summed E-state index contributed by atoms with van der Waals surface area (Å²) >= 11 is 6.32. The quantitative estimate of drug-likeness (QED) is 0.670. The van der Waals surface area contributed by atoms with Gasteiger partial charge in [0.1, 0.15) is 6.17 Å². The van der Waals surface area contributed by atoms with Crippen LogP contribution in [0.5, 0.6) is 0 Å². The second kappa shape index (κ2) is 6.26. The van der Waals surface area contributed by atoms with Gasteiger partial charge in [0.2, 0.25) is 0 Å². The van der Waals surface area contributed by atoms with Crippen LogP contribution in [0.2, 0.25) is 5.02 Å². The molecule has 3 nitrogen and oxygen atoms in total. The Bertz CT molecular complexity index is 940. The molecule has 1 aliphatic heterocycles. The lowest BCUT2D eigenvalue weighted by Gasteiger charge is -2.38. The third-order valence-corrected chi connectivity index (χ3v) is 4.88. The van der Waals surface area contributed by atoms with Gasteiger partial charge in [-0.3, -0.25) is 9.69 Å². The molecule has 0 fully saturated rings. The van der Waals surface area contributed by atoms with Crippen molar-refractivity contribution in [3.8, 4) is 0 Å². The minimum atomic E-state index is -0.289. The first-order valence-corrected chi connectivity index (χ1v) is 8.53. The van der Waals surface area contributed by atoms with Gasteiger partial charge in [0, 0.05) is 16.4 Å². The Hall–Kier alpha value is -2.78. The third-order valence-electron chi connectivity index (χ3n) is 4.48. The van der Waals surface area contributed by atoms with Crippen molar-refractivity contribution in [2.45, 2.75) is 13.1 Å². The highest BCUT2D eigenvalue weighted by molar-refractivity contribution is 6.31. The van der Waals surface area contributed by atoms with E-state index in [1.165, 1.54) is 0 Å². The molecule has 0 spiro atoms. The number of anilines is 2. The third kappa shape index (κ3) is 2.77. The highest BCUT2D eigenvalue weighted by Crippen LogP contribution is 2.37. The maximum absolute atomic E-state index is 13.2. The largest absolute Gasteiger partial charge is 0.360 e. The molecule has 1 amide bonds. The average molecular weight is 349 g/mol. The molecule has 3 aromatic rings. The fourth-order valence-corrected chi connectivity index (χ4v) is 3.29. The molecular weight excluding hydrogens is 332 g/mol. The van der Waals surface area contributed by atoms with Crippen molar-refractivity contribution in [3.63, 3.8) is 0 Å². The van der Waals surface area contributed by atoms with Crippen LogP contribution in [0.4, 0.5) is 11.4 Å². The summed E-state index contributed by atoms with van der Waals surface area (Å²) in [5.41, 5.74) is 4.28. The molecule has 1 N–H and O–H groups in total. The van der Waals surface area contributed by atoms with Gasteiger partial charge in [-0.1, -0.05) is 60.1 Å². The summed E-state index contributed by atoms with van der Waals surface area (Å²) in [6.45, 7) is 1.95. The van der Waals surface area contributed by atoms with Crippen LogP contribution in [0.15, 0.2) is 72.8 Å². The molecule has 1 atom stereocenters. The molecule has 0 aromatic heterocycles. The zero-order valence-electron chi connectivity index (χ0n) is 13.7. The number of carbonyl (C=O) groups excluding carboxylic acids is 1. The number of aryl methyl sites for hydroxylation is 1. The number of hydrogen-bond acceptors (Lipinski definition) is 2. The number of para-hydroxylation sites is 1. The molecule has 4 rings (SSSR count). The van der Waals surface area contributed by atoms with Gasteiger partial charge in [0.25, 0.3) is 5.91 Å². The standard InChI is InChI=1S/C21H17ClN2O/c1-14-11-12-16(13-18(14)22)24-20(15-7-3-2-4-8-15)23-19-10-6-5-9-17(19)21(24)25/h2-13,20,23H,1H3/t20-/m1/s1. The van der Waals surface area contributed by atoms with Gasteiger partial charge in [-0.25, -0.2) is 0 Å². The predicted molar refractivity (Wildman–Crippen MR) is 102 cm³/mol. The molecule has 4 heteroatoms. The predicted octanol–water partition coefficient (Wildman–Crippen LogP) is 5.42.